The Kier molecular flexibility index (Phi) is 3.93. The average Bonchev–Trinajstić information content (AvgIpc) is 2.86. The summed E-state index contributed by atoms with van der Waals surface area (Å²) in [6.45, 7) is 1.98. The molecule has 116 valence electrons. The normalized spacial score (nSPS) is 11.3. The van der Waals surface area contributed by atoms with E-state index in [2.05, 4.69) is 10.1 Å². The minimum absolute atomic E-state index is 0.222. The Morgan fingerprint density at radius 1 is 1.13 bits per heavy atom. The number of benzene rings is 2. The number of halogens is 1. The zero-order valence-corrected chi connectivity index (χ0v) is 12.9. The first-order valence-corrected chi connectivity index (χ1v) is 7.21. The second kappa shape index (κ2) is 6.04. The topological polar surface area (TPSA) is 50.1 Å². The van der Waals surface area contributed by atoms with Crippen molar-refractivity contribution in [1.82, 2.24) is 9.78 Å². The molecule has 3 aromatic rings. The van der Waals surface area contributed by atoms with Gasteiger partial charge in [-0.1, -0.05) is 24.3 Å². The predicted octanol–water partition coefficient (Wildman–Crippen LogP) is 3.33. The molecular formula is C18H16FN3O. The van der Waals surface area contributed by atoms with Crippen LogP contribution in [0.1, 0.15) is 11.1 Å². The number of aromatic nitrogens is 2. The molecule has 0 bridgehead atoms. The maximum Gasteiger partial charge on any atom is 0.280 e. The standard InChI is InChI=1S/C18H16FN3O/c1-12-5-3-4-6-15(12)17-16(11-20-2)18(23)22(21-17)14-9-7-13(19)8-10-14/h3-11,21H,1-2H3. The molecule has 1 aromatic heterocycles. The van der Waals surface area contributed by atoms with Crippen molar-refractivity contribution >= 4 is 6.21 Å². The number of rotatable bonds is 3. The van der Waals surface area contributed by atoms with Gasteiger partial charge in [-0.05, 0) is 36.8 Å². The van der Waals surface area contributed by atoms with Gasteiger partial charge in [0.05, 0.1) is 16.9 Å². The monoisotopic (exact) mass is 309 g/mol. The summed E-state index contributed by atoms with van der Waals surface area (Å²) in [7, 11) is 1.62. The van der Waals surface area contributed by atoms with Crippen LogP contribution in [-0.2, 0) is 0 Å². The molecule has 0 aliphatic carbocycles. The SMILES string of the molecule is CN=Cc1c(-c2ccccc2C)[nH]n(-c2ccc(F)cc2)c1=O. The molecule has 0 unspecified atom stereocenters. The number of aryl methyl sites for hydroxylation is 1. The molecule has 0 aliphatic rings. The molecule has 3 rings (SSSR count). The van der Waals surface area contributed by atoms with Gasteiger partial charge in [0.2, 0.25) is 0 Å². The molecule has 0 fully saturated rings. The van der Waals surface area contributed by atoms with Crippen molar-refractivity contribution in [1.29, 1.82) is 0 Å². The third-order valence-corrected chi connectivity index (χ3v) is 3.68. The third kappa shape index (κ3) is 2.73. The van der Waals surface area contributed by atoms with Crippen molar-refractivity contribution in [2.75, 3.05) is 7.05 Å². The van der Waals surface area contributed by atoms with E-state index in [0.29, 0.717) is 16.9 Å². The highest BCUT2D eigenvalue weighted by molar-refractivity contribution is 5.89. The second-order valence-electron chi connectivity index (χ2n) is 5.22. The van der Waals surface area contributed by atoms with Crippen LogP contribution >= 0.6 is 0 Å². The van der Waals surface area contributed by atoms with Crippen LogP contribution in [0.15, 0.2) is 58.3 Å². The van der Waals surface area contributed by atoms with E-state index in [9.17, 15) is 9.18 Å². The summed E-state index contributed by atoms with van der Waals surface area (Å²) < 4.78 is 14.5. The number of aliphatic imine (C=N–C) groups is 1. The van der Waals surface area contributed by atoms with Gasteiger partial charge in [-0.3, -0.25) is 14.9 Å². The van der Waals surface area contributed by atoms with Gasteiger partial charge in [-0.2, -0.15) is 0 Å². The zero-order valence-electron chi connectivity index (χ0n) is 12.9. The predicted molar refractivity (Wildman–Crippen MR) is 90.0 cm³/mol. The van der Waals surface area contributed by atoms with E-state index in [1.54, 1.807) is 25.4 Å². The molecule has 0 spiro atoms. The first-order chi connectivity index (χ1) is 11.1. The molecule has 1 N–H and O–H groups in total. The number of hydrogen-bond donors (Lipinski definition) is 1. The minimum Gasteiger partial charge on any atom is -0.296 e. The van der Waals surface area contributed by atoms with Crippen LogP contribution in [0, 0.1) is 12.7 Å². The van der Waals surface area contributed by atoms with E-state index in [4.69, 9.17) is 0 Å². The Bertz CT molecular complexity index is 920. The number of nitrogens with one attached hydrogen (secondary N) is 1. The summed E-state index contributed by atoms with van der Waals surface area (Å²) in [5.41, 5.74) is 3.50. The zero-order chi connectivity index (χ0) is 16.4. The molecule has 0 radical (unpaired) electrons. The van der Waals surface area contributed by atoms with E-state index in [1.165, 1.54) is 16.8 Å². The maximum absolute atomic E-state index is 13.1. The van der Waals surface area contributed by atoms with Crippen molar-refractivity contribution < 1.29 is 4.39 Å². The van der Waals surface area contributed by atoms with E-state index >= 15 is 0 Å². The molecule has 4 nitrogen and oxygen atoms in total. The molecule has 0 amide bonds. The molecule has 5 heteroatoms. The quantitative estimate of drug-likeness (QED) is 0.741. The fourth-order valence-electron chi connectivity index (χ4n) is 2.53. The Labute approximate surface area is 132 Å². The Balaban J connectivity index is 2.25. The van der Waals surface area contributed by atoms with Gasteiger partial charge in [0.25, 0.3) is 5.56 Å². The summed E-state index contributed by atoms with van der Waals surface area (Å²) in [6, 6.07) is 13.6. The van der Waals surface area contributed by atoms with E-state index in [-0.39, 0.29) is 11.4 Å². The van der Waals surface area contributed by atoms with Gasteiger partial charge in [0, 0.05) is 18.8 Å². The lowest BCUT2D eigenvalue weighted by Gasteiger charge is -2.04. The molecular weight excluding hydrogens is 293 g/mol. The molecule has 0 aliphatic heterocycles. The third-order valence-electron chi connectivity index (χ3n) is 3.68. The second-order valence-corrected chi connectivity index (χ2v) is 5.22. The summed E-state index contributed by atoms with van der Waals surface area (Å²) in [5, 5.41) is 3.12. The van der Waals surface area contributed by atoms with E-state index in [1.807, 2.05) is 31.2 Å². The van der Waals surface area contributed by atoms with Crippen LogP contribution in [0.4, 0.5) is 4.39 Å². The molecule has 1 heterocycles. The van der Waals surface area contributed by atoms with Crippen molar-refractivity contribution in [2.24, 2.45) is 4.99 Å². The van der Waals surface area contributed by atoms with Crippen molar-refractivity contribution in [2.45, 2.75) is 6.92 Å². The Morgan fingerprint density at radius 3 is 2.48 bits per heavy atom. The van der Waals surface area contributed by atoms with Gasteiger partial charge in [-0.15, -0.1) is 0 Å². The van der Waals surface area contributed by atoms with E-state index in [0.717, 1.165) is 11.1 Å². The van der Waals surface area contributed by atoms with Crippen LogP contribution in [0.2, 0.25) is 0 Å². The fraction of sp³-hybridized carbons (Fsp3) is 0.111. The minimum atomic E-state index is -0.345. The van der Waals surface area contributed by atoms with Gasteiger partial charge in [-0.25, -0.2) is 9.07 Å². The first kappa shape index (κ1) is 15.0. The highest BCUT2D eigenvalue weighted by atomic mass is 19.1. The van der Waals surface area contributed by atoms with Crippen molar-refractivity contribution in [3.05, 3.63) is 75.8 Å². The Hall–Kier alpha value is -2.95. The average molecular weight is 309 g/mol. The molecule has 2 aromatic carbocycles. The highest BCUT2D eigenvalue weighted by Crippen LogP contribution is 2.23. The van der Waals surface area contributed by atoms with Crippen LogP contribution in [0.25, 0.3) is 16.9 Å². The van der Waals surface area contributed by atoms with Crippen LogP contribution < -0.4 is 5.56 Å². The van der Waals surface area contributed by atoms with Crippen molar-refractivity contribution in [3.63, 3.8) is 0 Å². The number of nitrogens with zero attached hydrogens (tertiary/aromatic N) is 2. The summed E-state index contributed by atoms with van der Waals surface area (Å²) in [6.07, 6.45) is 1.54. The van der Waals surface area contributed by atoms with E-state index < -0.39 is 0 Å². The van der Waals surface area contributed by atoms with Gasteiger partial charge in [0.15, 0.2) is 0 Å². The molecule has 0 atom stereocenters. The lowest BCUT2D eigenvalue weighted by molar-refractivity contribution is 0.627. The lowest BCUT2D eigenvalue weighted by Crippen LogP contribution is -2.17. The number of H-pyrrole nitrogens is 1. The van der Waals surface area contributed by atoms with Crippen molar-refractivity contribution in [3.8, 4) is 16.9 Å². The molecule has 0 saturated carbocycles. The van der Waals surface area contributed by atoms with Gasteiger partial charge >= 0.3 is 0 Å². The van der Waals surface area contributed by atoms with Crippen LogP contribution in [-0.4, -0.2) is 23.0 Å². The maximum atomic E-state index is 13.1. The Morgan fingerprint density at radius 2 is 1.83 bits per heavy atom. The molecule has 23 heavy (non-hydrogen) atoms. The summed E-state index contributed by atoms with van der Waals surface area (Å²) in [5.74, 6) is -0.345. The molecule has 0 saturated heterocycles. The van der Waals surface area contributed by atoms with Crippen LogP contribution in [0.5, 0.6) is 0 Å². The summed E-state index contributed by atoms with van der Waals surface area (Å²) >= 11 is 0. The summed E-state index contributed by atoms with van der Waals surface area (Å²) in [4.78, 5) is 16.7. The lowest BCUT2D eigenvalue weighted by atomic mass is 10.0. The largest absolute Gasteiger partial charge is 0.296 e. The smallest absolute Gasteiger partial charge is 0.280 e. The number of aromatic amines is 1. The number of hydrogen-bond acceptors (Lipinski definition) is 2. The first-order valence-electron chi connectivity index (χ1n) is 7.21. The van der Waals surface area contributed by atoms with Gasteiger partial charge in [0.1, 0.15) is 5.82 Å². The van der Waals surface area contributed by atoms with Gasteiger partial charge < -0.3 is 0 Å². The van der Waals surface area contributed by atoms with Crippen LogP contribution in [0.3, 0.4) is 0 Å². The highest BCUT2D eigenvalue weighted by Gasteiger charge is 2.16. The fourth-order valence-corrected chi connectivity index (χ4v) is 2.53.